The quantitative estimate of drug-likeness (QED) is 0.757. The van der Waals surface area contributed by atoms with Crippen molar-refractivity contribution in [1.29, 1.82) is 0 Å². The van der Waals surface area contributed by atoms with Gasteiger partial charge in [0.1, 0.15) is 0 Å². The summed E-state index contributed by atoms with van der Waals surface area (Å²) in [7, 11) is -7.01. The Bertz CT molecular complexity index is 401. The second kappa shape index (κ2) is 4.41. The second-order valence-corrected chi connectivity index (χ2v) is 9.46. The highest BCUT2D eigenvalue weighted by Gasteiger charge is 2.37. The van der Waals surface area contributed by atoms with E-state index in [-0.39, 0.29) is 0 Å². The number of hydrogen-bond donors (Lipinski definition) is 0. The Labute approximate surface area is 91.9 Å². The fourth-order valence-electron chi connectivity index (χ4n) is 1.91. The van der Waals surface area contributed by atoms with E-state index in [4.69, 9.17) is 0 Å². The van der Waals surface area contributed by atoms with Gasteiger partial charge < -0.3 is 0 Å². The molecule has 1 saturated carbocycles. The van der Waals surface area contributed by atoms with E-state index >= 15 is 0 Å². The molecule has 0 aromatic heterocycles. The van der Waals surface area contributed by atoms with Crippen molar-refractivity contribution in [2.75, 3.05) is 6.26 Å². The van der Waals surface area contributed by atoms with E-state index in [9.17, 15) is 16.8 Å². The van der Waals surface area contributed by atoms with Gasteiger partial charge in [0.25, 0.3) is 0 Å². The predicted octanol–water partition coefficient (Wildman–Crippen LogP) is 1.12. The summed E-state index contributed by atoms with van der Waals surface area (Å²) < 4.78 is 45.1. The zero-order valence-corrected chi connectivity index (χ0v) is 10.8. The second-order valence-electron chi connectivity index (χ2n) is 4.25. The lowest BCUT2D eigenvalue weighted by Gasteiger charge is -2.24. The van der Waals surface area contributed by atoms with Crippen molar-refractivity contribution in [3.05, 3.63) is 0 Å². The molecule has 1 unspecified atom stereocenters. The van der Waals surface area contributed by atoms with Crippen LogP contribution in [0.1, 0.15) is 39.0 Å². The molecule has 1 aliphatic rings. The summed E-state index contributed by atoms with van der Waals surface area (Å²) in [6.07, 6.45) is 5.04. The fourth-order valence-corrected chi connectivity index (χ4v) is 5.86. The molecule has 4 nitrogen and oxygen atoms in total. The third-order valence-corrected chi connectivity index (χ3v) is 8.47. The topological polar surface area (TPSA) is 68.3 Å². The van der Waals surface area contributed by atoms with E-state index in [1.165, 1.54) is 6.92 Å². The highest BCUT2D eigenvalue weighted by Crippen LogP contribution is 2.27. The van der Waals surface area contributed by atoms with Gasteiger partial charge in [-0.05, 0) is 19.8 Å². The molecule has 0 radical (unpaired) electrons. The molecule has 0 saturated heterocycles. The van der Waals surface area contributed by atoms with Crippen molar-refractivity contribution < 1.29 is 16.8 Å². The Kier molecular flexibility index (Phi) is 3.81. The average Bonchev–Trinajstić information content (AvgIpc) is 2.16. The molecule has 0 amide bonds. The van der Waals surface area contributed by atoms with E-state index in [2.05, 4.69) is 0 Å². The molecular formula is C9H18O4S2. The summed E-state index contributed by atoms with van der Waals surface area (Å²) in [5, 5.41) is -0.448. The molecule has 0 bridgehead atoms. The minimum atomic E-state index is -3.51. The molecule has 90 valence electrons. The Hall–Kier alpha value is -0.100. The van der Waals surface area contributed by atoms with Crippen LogP contribution < -0.4 is 0 Å². The van der Waals surface area contributed by atoms with Crippen LogP contribution in [0.15, 0.2) is 0 Å². The lowest BCUT2D eigenvalue weighted by molar-refractivity contribution is 0.482. The van der Waals surface area contributed by atoms with Gasteiger partial charge in [-0.1, -0.05) is 19.3 Å². The lowest BCUT2D eigenvalue weighted by Crippen LogP contribution is -2.36. The first kappa shape index (κ1) is 13.0. The standard InChI is InChI=1S/C9H18O4S2/c1-8(14(2,10)11)15(12,13)9-6-4-3-5-7-9/h8-9H,3-7H2,1-2H3. The van der Waals surface area contributed by atoms with Gasteiger partial charge in [0.15, 0.2) is 24.3 Å². The molecule has 0 N–H and O–H groups in total. The minimum Gasteiger partial charge on any atom is -0.228 e. The molecule has 6 heteroatoms. The highest BCUT2D eigenvalue weighted by molar-refractivity contribution is 8.09. The monoisotopic (exact) mass is 254 g/mol. The molecule has 1 aliphatic carbocycles. The Balaban J connectivity index is 2.91. The van der Waals surface area contributed by atoms with Crippen molar-refractivity contribution in [1.82, 2.24) is 0 Å². The van der Waals surface area contributed by atoms with Crippen LogP contribution in [0.25, 0.3) is 0 Å². The van der Waals surface area contributed by atoms with Gasteiger partial charge >= 0.3 is 0 Å². The van der Waals surface area contributed by atoms with Crippen LogP contribution in [-0.4, -0.2) is 32.9 Å². The van der Waals surface area contributed by atoms with E-state index < -0.39 is 29.5 Å². The Morgan fingerprint density at radius 3 is 1.87 bits per heavy atom. The van der Waals surface area contributed by atoms with E-state index in [1.807, 2.05) is 0 Å². The van der Waals surface area contributed by atoms with Crippen molar-refractivity contribution in [3.8, 4) is 0 Å². The first-order chi connectivity index (χ1) is 6.76. The Morgan fingerprint density at radius 1 is 1.00 bits per heavy atom. The zero-order valence-electron chi connectivity index (χ0n) is 9.14. The normalized spacial score (nSPS) is 22.5. The molecule has 1 rings (SSSR count). The molecule has 0 aromatic rings. The molecule has 0 aromatic carbocycles. The van der Waals surface area contributed by atoms with Crippen molar-refractivity contribution in [3.63, 3.8) is 0 Å². The van der Waals surface area contributed by atoms with Gasteiger partial charge in [0, 0.05) is 6.26 Å². The van der Waals surface area contributed by atoms with E-state index in [0.29, 0.717) is 12.8 Å². The van der Waals surface area contributed by atoms with Gasteiger partial charge in [-0.25, -0.2) is 16.8 Å². The molecule has 1 fully saturated rings. The first-order valence-electron chi connectivity index (χ1n) is 5.18. The van der Waals surface area contributed by atoms with Gasteiger partial charge in [-0.2, -0.15) is 0 Å². The predicted molar refractivity (Wildman–Crippen MR) is 60.1 cm³/mol. The van der Waals surface area contributed by atoms with Crippen LogP contribution in [0.4, 0.5) is 0 Å². The molecule has 1 atom stereocenters. The van der Waals surface area contributed by atoms with E-state index in [0.717, 1.165) is 25.5 Å². The molecule has 15 heavy (non-hydrogen) atoms. The lowest BCUT2D eigenvalue weighted by atomic mass is 10.0. The summed E-state index contributed by atoms with van der Waals surface area (Å²) >= 11 is 0. The average molecular weight is 254 g/mol. The van der Waals surface area contributed by atoms with Gasteiger partial charge in [0.2, 0.25) is 0 Å². The highest BCUT2D eigenvalue weighted by atomic mass is 32.3. The van der Waals surface area contributed by atoms with Gasteiger partial charge in [0.05, 0.1) is 5.25 Å². The third kappa shape index (κ3) is 2.93. The van der Waals surface area contributed by atoms with Crippen molar-refractivity contribution in [2.45, 2.75) is 48.9 Å². The summed E-state index contributed by atoms with van der Waals surface area (Å²) in [4.78, 5) is 0. The fraction of sp³-hybridized carbons (Fsp3) is 1.00. The van der Waals surface area contributed by atoms with Crippen LogP contribution in [0, 0.1) is 0 Å². The van der Waals surface area contributed by atoms with Gasteiger partial charge in [-0.15, -0.1) is 0 Å². The maximum Gasteiger partial charge on any atom is 0.170 e. The number of sulfone groups is 2. The largest absolute Gasteiger partial charge is 0.228 e. The summed E-state index contributed by atoms with van der Waals surface area (Å²) in [5.41, 5.74) is 0. The van der Waals surface area contributed by atoms with Crippen LogP contribution in [0.5, 0.6) is 0 Å². The summed E-state index contributed by atoms with van der Waals surface area (Å²) in [5.74, 6) is 0. The van der Waals surface area contributed by atoms with Crippen molar-refractivity contribution >= 4 is 19.7 Å². The molecule has 0 heterocycles. The minimum absolute atomic E-state index is 0.448. The van der Waals surface area contributed by atoms with Gasteiger partial charge in [-0.3, -0.25) is 0 Å². The summed E-state index contributed by atoms with van der Waals surface area (Å²) in [6.45, 7) is 1.28. The molecule has 0 aliphatic heterocycles. The summed E-state index contributed by atoms with van der Waals surface area (Å²) in [6, 6.07) is 0. The smallest absolute Gasteiger partial charge is 0.170 e. The van der Waals surface area contributed by atoms with E-state index in [1.54, 1.807) is 0 Å². The van der Waals surface area contributed by atoms with Crippen molar-refractivity contribution in [2.24, 2.45) is 0 Å². The Morgan fingerprint density at radius 2 is 1.47 bits per heavy atom. The molecule has 0 spiro atoms. The maximum absolute atomic E-state index is 12.0. The van der Waals surface area contributed by atoms with Crippen LogP contribution in [-0.2, 0) is 19.7 Å². The van der Waals surface area contributed by atoms with Crippen LogP contribution in [0.3, 0.4) is 0 Å². The maximum atomic E-state index is 12.0. The molecular weight excluding hydrogens is 236 g/mol. The first-order valence-corrected chi connectivity index (χ1v) is 8.74. The zero-order chi connectivity index (χ0) is 11.7. The SMILES string of the molecule is CC(S(C)(=O)=O)S(=O)(=O)C1CCCCC1. The number of rotatable bonds is 3. The van der Waals surface area contributed by atoms with Crippen LogP contribution in [0.2, 0.25) is 0 Å². The van der Waals surface area contributed by atoms with Crippen LogP contribution >= 0.6 is 0 Å². The third-order valence-electron chi connectivity index (χ3n) is 3.08. The number of hydrogen-bond acceptors (Lipinski definition) is 4.